The fourth-order valence-electron chi connectivity index (χ4n) is 1.10. The molecule has 0 atom stereocenters. The van der Waals surface area contributed by atoms with Gasteiger partial charge < -0.3 is 5.73 Å². The number of nitrogens with zero attached hydrogens (tertiary/aromatic N) is 5. The zero-order valence-electron chi connectivity index (χ0n) is 7.35. The molecule has 14 heavy (non-hydrogen) atoms. The second-order valence-electron chi connectivity index (χ2n) is 2.68. The summed E-state index contributed by atoms with van der Waals surface area (Å²) in [7, 11) is 1.80. The Labute approximate surface area is 88.3 Å². The Hall–Kier alpha value is -1.50. The number of hydrogen-bond donors (Lipinski definition) is 1. The van der Waals surface area contributed by atoms with Gasteiger partial charge in [-0.05, 0) is 15.9 Å². The van der Waals surface area contributed by atoms with Crippen LogP contribution in [0, 0.1) is 0 Å². The largest absolute Gasteiger partial charge is 0.368 e. The third kappa shape index (κ3) is 1.46. The van der Waals surface area contributed by atoms with E-state index in [2.05, 4.69) is 36.2 Å². The molecule has 0 saturated heterocycles. The first kappa shape index (κ1) is 9.07. The predicted octanol–water partition coefficient (Wildman–Crippen LogP) is 0.617. The maximum atomic E-state index is 5.38. The number of rotatable bonds is 1. The summed E-state index contributed by atoms with van der Waals surface area (Å²) in [4.78, 5) is 7.79. The Morgan fingerprint density at radius 1 is 1.36 bits per heavy atom. The Bertz CT molecular complexity index is 428. The molecule has 72 valence electrons. The molecular formula is C7H7BrN6. The highest BCUT2D eigenvalue weighted by Crippen LogP contribution is 2.23. The van der Waals surface area contributed by atoms with Gasteiger partial charge in [-0.1, -0.05) is 5.21 Å². The number of aryl methyl sites for hydroxylation is 1. The van der Waals surface area contributed by atoms with Crippen LogP contribution in [0.1, 0.15) is 0 Å². The van der Waals surface area contributed by atoms with E-state index in [1.807, 2.05) is 0 Å². The molecule has 0 aliphatic heterocycles. The third-order valence-corrected chi connectivity index (χ3v) is 2.27. The van der Waals surface area contributed by atoms with Crippen LogP contribution < -0.4 is 5.73 Å². The fourth-order valence-corrected chi connectivity index (χ4v) is 1.65. The summed E-state index contributed by atoms with van der Waals surface area (Å²) >= 11 is 3.29. The maximum Gasteiger partial charge on any atom is 0.219 e. The van der Waals surface area contributed by atoms with Gasteiger partial charge in [-0.15, -0.1) is 5.10 Å². The van der Waals surface area contributed by atoms with Crippen LogP contribution in [0.4, 0.5) is 5.95 Å². The lowest BCUT2D eigenvalue weighted by Crippen LogP contribution is -1.97. The van der Waals surface area contributed by atoms with E-state index in [4.69, 9.17) is 5.73 Å². The van der Waals surface area contributed by atoms with Gasteiger partial charge in [-0.3, -0.25) is 0 Å². The Morgan fingerprint density at radius 3 is 2.50 bits per heavy atom. The second-order valence-corrected chi connectivity index (χ2v) is 3.43. The first-order chi connectivity index (χ1) is 6.68. The van der Waals surface area contributed by atoms with Crippen LogP contribution in [-0.4, -0.2) is 25.0 Å². The van der Waals surface area contributed by atoms with E-state index in [1.54, 1.807) is 24.1 Å². The van der Waals surface area contributed by atoms with E-state index >= 15 is 0 Å². The smallest absolute Gasteiger partial charge is 0.219 e. The van der Waals surface area contributed by atoms with E-state index in [1.165, 1.54) is 0 Å². The molecule has 2 aromatic heterocycles. The number of nitrogen functional groups attached to an aromatic ring is 1. The van der Waals surface area contributed by atoms with Gasteiger partial charge in [0.2, 0.25) is 5.95 Å². The molecule has 0 saturated carbocycles. The molecule has 0 amide bonds. The molecule has 0 radical (unpaired) electrons. The highest BCUT2D eigenvalue weighted by atomic mass is 79.9. The van der Waals surface area contributed by atoms with Crippen molar-refractivity contribution in [1.82, 2.24) is 25.0 Å². The summed E-state index contributed by atoms with van der Waals surface area (Å²) in [5.41, 5.74) is 7.03. The van der Waals surface area contributed by atoms with Crippen LogP contribution in [0.5, 0.6) is 0 Å². The van der Waals surface area contributed by atoms with Crippen molar-refractivity contribution in [2.45, 2.75) is 0 Å². The van der Waals surface area contributed by atoms with Gasteiger partial charge in [0.25, 0.3) is 0 Å². The average molecular weight is 255 g/mol. The molecule has 7 heteroatoms. The quantitative estimate of drug-likeness (QED) is 0.807. The average Bonchev–Trinajstić information content (AvgIpc) is 2.49. The highest BCUT2D eigenvalue weighted by Gasteiger charge is 2.10. The molecular weight excluding hydrogens is 248 g/mol. The standard InChI is InChI=1S/C7H7BrN6/c1-14-5(6(8)12-13-14)4-2-10-7(9)11-3-4/h2-3H,1H3,(H2,9,10,11). The summed E-state index contributed by atoms with van der Waals surface area (Å²) in [6.07, 6.45) is 3.26. The molecule has 0 spiro atoms. The van der Waals surface area contributed by atoms with E-state index < -0.39 is 0 Å². The molecule has 0 fully saturated rings. The van der Waals surface area contributed by atoms with Gasteiger partial charge in [0.15, 0.2) is 4.60 Å². The molecule has 2 N–H and O–H groups in total. The fraction of sp³-hybridized carbons (Fsp3) is 0.143. The van der Waals surface area contributed by atoms with Crippen molar-refractivity contribution in [2.75, 3.05) is 5.73 Å². The SMILES string of the molecule is Cn1nnc(Br)c1-c1cnc(N)nc1. The van der Waals surface area contributed by atoms with E-state index in [0.29, 0.717) is 4.60 Å². The topological polar surface area (TPSA) is 82.5 Å². The van der Waals surface area contributed by atoms with Gasteiger partial charge in [0.05, 0.1) is 0 Å². The van der Waals surface area contributed by atoms with Gasteiger partial charge in [0.1, 0.15) is 5.69 Å². The lowest BCUT2D eigenvalue weighted by molar-refractivity contribution is 0.719. The van der Waals surface area contributed by atoms with E-state index in [0.717, 1.165) is 11.3 Å². The van der Waals surface area contributed by atoms with E-state index in [9.17, 15) is 0 Å². The lowest BCUT2D eigenvalue weighted by atomic mass is 10.3. The number of nitrogens with two attached hydrogens (primary N) is 1. The highest BCUT2D eigenvalue weighted by molar-refractivity contribution is 9.10. The summed E-state index contributed by atoms with van der Waals surface area (Å²) in [5.74, 6) is 0.250. The lowest BCUT2D eigenvalue weighted by Gasteiger charge is -2.00. The minimum atomic E-state index is 0.250. The Kier molecular flexibility index (Phi) is 2.16. The van der Waals surface area contributed by atoms with Crippen molar-refractivity contribution in [1.29, 1.82) is 0 Å². The minimum absolute atomic E-state index is 0.250. The van der Waals surface area contributed by atoms with Gasteiger partial charge >= 0.3 is 0 Å². The van der Waals surface area contributed by atoms with Gasteiger partial charge in [0, 0.05) is 25.0 Å². The van der Waals surface area contributed by atoms with Crippen LogP contribution in [0.25, 0.3) is 11.3 Å². The van der Waals surface area contributed by atoms with Crippen LogP contribution in [0.2, 0.25) is 0 Å². The van der Waals surface area contributed by atoms with Crippen LogP contribution >= 0.6 is 15.9 Å². The predicted molar refractivity (Wildman–Crippen MR) is 54.1 cm³/mol. The zero-order valence-corrected chi connectivity index (χ0v) is 8.93. The summed E-state index contributed by atoms with van der Waals surface area (Å²) in [6, 6.07) is 0. The summed E-state index contributed by atoms with van der Waals surface area (Å²) < 4.78 is 2.30. The molecule has 6 nitrogen and oxygen atoms in total. The monoisotopic (exact) mass is 254 g/mol. The van der Waals surface area contributed by atoms with Gasteiger partial charge in [-0.2, -0.15) is 0 Å². The van der Waals surface area contributed by atoms with Crippen molar-refractivity contribution < 1.29 is 0 Å². The Morgan fingerprint density at radius 2 is 2.00 bits per heavy atom. The normalized spacial score (nSPS) is 10.4. The third-order valence-electron chi connectivity index (χ3n) is 1.73. The molecule has 2 heterocycles. The number of aromatic nitrogens is 5. The van der Waals surface area contributed by atoms with Crippen molar-refractivity contribution in [2.24, 2.45) is 7.05 Å². The zero-order chi connectivity index (χ0) is 10.1. The van der Waals surface area contributed by atoms with Crippen molar-refractivity contribution in [3.63, 3.8) is 0 Å². The van der Waals surface area contributed by atoms with Crippen LogP contribution in [-0.2, 0) is 7.05 Å². The molecule has 0 aromatic carbocycles. The number of halogens is 1. The Balaban J connectivity index is 2.54. The second kappa shape index (κ2) is 3.33. The maximum absolute atomic E-state index is 5.38. The first-order valence-electron chi connectivity index (χ1n) is 3.81. The summed E-state index contributed by atoms with van der Waals surface area (Å²) in [6.45, 7) is 0. The molecule has 0 unspecified atom stereocenters. The van der Waals surface area contributed by atoms with Crippen molar-refractivity contribution in [3.05, 3.63) is 17.0 Å². The number of anilines is 1. The molecule has 0 bridgehead atoms. The van der Waals surface area contributed by atoms with Crippen LogP contribution in [0.15, 0.2) is 17.0 Å². The molecule has 2 aromatic rings. The van der Waals surface area contributed by atoms with E-state index in [-0.39, 0.29) is 5.95 Å². The first-order valence-corrected chi connectivity index (χ1v) is 4.61. The van der Waals surface area contributed by atoms with Crippen molar-refractivity contribution in [3.8, 4) is 11.3 Å². The molecule has 0 aliphatic carbocycles. The molecule has 0 aliphatic rings. The van der Waals surface area contributed by atoms with Gasteiger partial charge in [-0.25, -0.2) is 14.6 Å². The number of hydrogen-bond acceptors (Lipinski definition) is 5. The minimum Gasteiger partial charge on any atom is -0.368 e. The molecule has 2 rings (SSSR count). The van der Waals surface area contributed by atoms with Crippen molar-refractivity contribution >= 4 is 21.9 Å². The van der Waals surface area contributed by atoms with Crippen LogP contribution in [0.3, 0.4) is 0 Å². The summed E-state index contributed by atoms with van der Waals surface area (Å²) in [5, 5.41) is 7.71.